The Morgan fingerprint density at radius 2 is 2.14 bits per heavy atom. The van der Waals surface area contributed by atoms with E-state index in [0.717, 1.165) is 31.7 Å². The van der Waals surface area contributed by atoms with Crippen molar-refractivity contribution in [3.05, 3.63) is 0 Å². The number of nitrogens with one attached hydrogen (secondary N) is 1. The summed E-state index contributed by atoms with van der Waals surface area (Å²) in [5.74, 6) is 1.30. The quantitative estimate of drug-likeness (QED) is 0.660. The zero-order valence-corrected chi connectivity index (χ0v) is 8.81. The monoisotopic (exact) mass is 214 g/mol. The van der Waals surface area contributed by atoms with E-state index in [-0.39, 0.29) is 17.9 Å². The Kier molecular flexibility index (Phi) is 2.96. The van der Waals surface area contributed by atoms with Gasteiger partial charge in [-0.3, -0.25) is 9.59 Å². The summed E-state index contributed by atoms with van der Waals surface area (Å²) in [4.78, 5) is 24.8. The summed E-state index contributed by atoms with van der Waals surface area (Å²) < 4.78 is 0. The van der Waals surface area contributed by atoms with Crippen LogP contribution in [0.4, 0.5) is 0 Å². The normalized spacial score (nSPS) is 27.6. The Morgan fingerprint density at radius 1 is 1.43 bits per heavy atom. The molecule has 14 heavy (non-hydrogen) atoms. The molecule has 1 atom stereocenters. The number of hydrogen-bond acceptors (Lipinski definition) is 3. The summed E-state index contributed by atoms with van der Waals surface area (Å²) in [5.41, 5.74) is 0. The van der Waals surface area contributed by atoms with Gasteiger partial charge in [-0.15, -0.1) is 11.8 Å². The maximum absolute atomic E-state index is 11.8. The van der Waals surface area contributed by atoms with Crippen LogP contribution in [0.3, 0.4) is 0 Å². The standard InChI is InChI=1S/C9H14N2O2S/c12-8-6-14-5-7(10-8)9(13)11-3-1-2-4-11/h7H,1-6H2,(H,10,12). The second kappa shape index (κ2) is 4.21. The average Bonchev–Trinajstić information content (AvgIpc) is 2.69. The highest BCUT2D eigenvalue weighted by atomic mass is 32.2. The van der Waals surface area contributed by atoms with Crippen molar-refractivity contribution in [3.63, 3.8) is 0 Å². The molecule has 2 saturated heterocycles. The van der Waals surface area contributed by atoms with Gasteiger partial charge in [-0.25, -0.2) is 0 Å². The zero-order chi connectivity index (χ0) is 9.97. The van der Waals surface area contributed by atoms with Crippen LogP contribution >= 0.6 is 11.8 Å². The minimum Gasteiger partial charge on any atom is -0.343 e. The van der Waals surface area contributed by atoms with Crippen LogP contribution in [0.15, 0.2) is 0 Å². The third kappa shape index (κ3) is 2.03. The first-order valence-corrected chi connectivity index (χ1v) is 6.09. The predicted octanol–water partition coefficient (Wildman–Crippen LogP) is -0.160. The van der Waals surface area contributed by atoms with Crippen LogP contribution in [0.2, 0.25) is 0 Å². The molecule has 1 unspecified atom stereocenters. The van der Waals surface area contributed by atoms with Gasteiger partial charge in [0.2, 0.25) is 11.8 Å². The third-order valence-electron chi connectivity index (χ3n) is 2.57. The zero-order valence-electron chi connectivity index (χ0n) is 7.99. The van der Waals surface area contributed by atoms with Crippen LogP contribution in [0.25, 0.3) is 0 Å². The summed E-state index contributed by atoms with van der Waals surface area (Å²) in [6, 6.07) is -0.278. The fourth-order valence-corrected chi connectivity index (χ4v) is 2.69. The van der Waals surface area contributed by atoms with E-state index in [0.29, 0.717) is 5.75 Å². The molecule has 2 heterocycles. The summed E-state index contributed by atoms with van der Waals surface area (Å²) in [6.45, 7) is 1.71. The highest BCUT2D eigenvalue weighted by Gasteiger charge is 2.29. The largest absolute Gasteiger partial charge is 0.343 e. The van der Waals surface area contributed by atoms with E-state index in [1.54, 1.807) is 0 Å². The van der Waals surface area contributed by atoms with E-state index in [9.17, 15) is 9.59 Å². The number of thioether (sulfide) groups is 1. The molecule has 5 heteroatoms. The maximum atomic E-state index is 11.8. The molecule has 2 aliphatic heterocycles. The molecule has 2 rings (SSSR count). The molecule has 1 N–H and O–H groups in total. The van der Waals surface area contributed by atoms with Crippen molar-refractivity contribution in [2.45, 2.75) is 18.9 Å². The minimum absolute atomic E-state index is 0.0150. The third-order valence-corrected chi connectivity index (χ3v) is 3.60. The van der Waals surface area contributed by atoms with Crippen LogP contribution in [-0.2, 0) is 9.59 Å². The van der Waals surface area contributed by atoms with Crippen molar-refractivity contribution in [2.24, 2.45) is 0 Å². The molecule has 0 bridgehead atoms. The van der Waals surface area contributed by atoms with Crippen LogP contribution in [0.1, 0.15) is 12.8 Å². The summed E-state index contributed by atoms with van der Waals surface area (Å²) in [5, 5.41) is 2.74. The van der Waals surface area contributed by atoms with Gasteiger partial charge in [-0.05, 0) is 12.8 Å². The van der Waals surface area contributed by atoms with E-state index < -0.39 is 0 Å². The molecule has 0 aliphatic carbocycles. The lowest BCUT2D eigenvalue weighted by atomic mass is 10.3. The molecule has 0 aromatic heterocycles. The van der Waals surface area contributed by atoms with E-state index in [1.807, 2.05) is 4.90 Å². The van der Waals surface area contributed by atoms with Crippen molar-refractivity contribution in [3.8, 4) is 0 Å². The lowest BCUT2D eigenvalue weighted by Gasteiger charge is -2.26. The Balaban J connectivity index is 1.92. The molecule has 4 nitrogen and oxygen atoms in total. The van der Waals surface area contributed by atoms with E-state index in [4.69, 9.17) is 0 Å². The number of rotatable bonds is 1. The molecule has 2 fully saturated rings. The predicted molar refractivity (Wildman–Crippen MR) is 55.1 cm³/mol. The van der Waals surface area contributed by atoms with Gasteiger partial charge in [0.1, 0.15) is 6.04 Å². The number of hydrogen-bond donors (Lipinski definition) is 1. The molecule has 2 aliphatic rings. The van der Waals surface area contributed by atoms with E-state index in [2.05, 4.69) is 5.32 Å². The van der Waals surface area contributed by atoms with Gasteiger partial charge >= 0.3 is 0 Å². The second-order valence-electron chi connectivity index (χ2n) is 3.67. The van der Waals surface area contributed by atoms with Crippen molar-refractivity contribution in [1.82, 2.24) is 10.2 Å². The van der Waals surface area contributed by atoms with Gasteiger partial charge in [-0.1, -0.05) is 0 Å². The van der Waals surface area contributed by atoms with Gasteiger partial charge in [0, 0.05) is 18.8 Å². The summed E-state index contributed by atoms with van der Waals surface area (Å²) >= 11 is 1.54. The molecule has 2 amide bonds. The van der Waals surface area contributed by atoms with Gasteiger partial charge in [0.05, 0.1) is 5.75 Å². The van der Waals surface area contributed by atoms with Crippen molar-refractivity contribution >= 4 is 23.6 Å². The molecular weight excluding hydrogens is 200 g/mol. The Hall–Kier alpha value is -0.710. The first-order valence-electron chi connectivity index (χ1n) is 4.93. The molecule has 0 aromatic rings. The van der Waals surface area contributed by atoms with Gasteiger partial charge < -0.3 is 10.2 Å². The Morgan fingerprint density at radius 3 is 2.79 bits per heavy atom. The van der Waals surface area contributed by atoms with Crippen molar-refractivity contribution in [1.29, 1.82) is 0 Å². The van der Waals surface area contributed by atoms with Crippen LogP contribution in [-0.4, -0.2) is 47.4 Å². The average molecular weight is 214 g/mol. The summed E-state index contributed by atoms with van der Waals surface area (Å²) in [7, 11) is 0. The number of amides is 2. The minimum atomic E-state index is -0.278. The van der Waals surface area contributed by atoms with Gasteiger partial charge in [0.15, 0.2) is 0 Å². The first kappa shape index (κ1) is 9.83. The maximum Gasteiger partial charge on any atom is 0.246 e. The Bertz CT molecular complexity index is 251. The lowest BCUT2D eigenvalue weighted by molar-refractivity contribution is -0.134. The van der Waals surface area contributed by atoms with Gasteiger partial charge in [0.25, 0.3) is 0 Å². The number of carbonyl (C=O) groups excluding carboxylic acids is 2. The highest BCUT2D eigenvalue weighted by Crippen LogP contribution is 2.14. The fraction of sp³-hybridized carbons (Fsp3) is 0.778. The van der Waals surface area contributed by atoms with Crippen LogP contribution in [0, 0.1) is 0 Å². The van der Waals surface area contributed by atoms with E-state index >= 15 is 0 Å². The molecular formula is C9H14N2O2S. The molecule has 0 spiro atoms. The molecule has 0 radical (unpaired) electrons. The van der Waals surface area contributed by atoms with Gasteiger partial charge in [-0.2, -0.15) is 0 Å². The van der Waals surface area contributed by atoms with Crippen LogP contribution < -0.4 is 5.32 Å². The number of likely N-dealkylation sites (tertiary alicyclic amines) is 1. The first-order chi connectivity index (χ1) is 6.77. The highest BCUT2D eigenvalue weighted by molar-refractivity contribution is 8.00. The number of carbonyl (C=O) groups is 2. The molecule has 0 aromatic carbocycles. The van der Waals surface area contributed by atoms with Crippen LogP contribution in [0.5, 0.6) is 0 Å². The Labute approximate surface area is 87.4 Å². The SMILES string of the molecule is O=C1CSCC(C(=O)N2CCCC2)N1. The van der Waals surface area contributed by atoms with Crippen molar-refractivity contribution < 1.29 is 9.59 Å². The van der Waals surface area contributed by atoms with Crippen molar-refractivity contribution in [2.75, 3.05) is 24.6 Å². The second-order valence-corrected chi connectivity index (χ2v) is 4.70. The smallest absolute Gasteiger partial charge is 0.246 e. The summed E-state index contributed by atoms with van der Waals surface area (Å²) in [6.07, 6.45) is 2.19. The lowest BCUT2D eigenvalue weighted by Crippen LogP contribution is -2.52. The molecule has 0 saturated carbocycles. The molecule has 78 valence electrons. The number of nitrogens with zero attached hydrogens (tertiary/aromatic N) is 1. The fourth-order valence-electron chi connectivity index (χ4n) is 1.84. The van der Waals surface area contributed by atoms with E-state index in [1.165, 1.54) is 11.8 Å². The topological polar surface area (TPSA) is 49.4 Å².